The number of carbonyl (C=O) groups is 2. The number of rotatable bonds is 7. The molecule has 2 N–H and O–H groups in total. The average Bonchev–Trinajstić information content (AvgIpc) is 2.97. The Hall–Kier alpha value is -2.73. The van der Waals surface area contributed by atoms with Gasteiger partial charge in [-0.15, -0.1) is 0 Å². The molecule has 130 valence electrons. The number of aromatic nitrogens is 1. The quantitative estimate of drug-likeness (QED) is 0.462. The second kappa shape index (κ2) is 7.90. The molecule has 0 aliphatic carbocycles. The second-order valence-corrected chi connectivity index (χ2v) is 6.19. The standard InChI is InChI=1S/C19H21N3O3/c23-18(21-25)6-2-1-3-10-22-13-16-11-14(7-8-17(16)19(22)24)15-5-4-9-20-12-15/h4-5,7-9,11-12,25H,1-3,6,10,13H2,(H,21,23). The maximum Gasteiger partial charge on any atom is 0.254 e. The van der Waals surface area contributed by atoms with Gasteiger partial charge in [0.25, 0.3) is 5.91 Å². The Bertz CT molecular complexity index is 762. The van der Waals surface area contributed by atoms with Gasteiger partial charge in [0.05, 0.1) is 0 Å². The van der Waals surface area contributed by atoms with Gasteiger partial charge in [-0.05, 0) is 47.7 Å². The van der Waals surface area contributed by atoms with Crippen molar-refractivity contribution < 1.29 is 14.8 Å². The van der Waals surface area contributed by atoms with E-state index in [1.54, 1.807) is 11.7 Å². The molecule has 2 aromatic rings. The Balaban J connectivity index is 1.57. The van der Waals surface area contributed by atoms with Gasteiger partial charge in [0.15, 0.2) is 0 Å². The number of hydrogen-bond acceptors (Lipinski definition) is 4. The van der Waals surface area contributed by atoms with Crippen LogP contribution in [0.15, 0.2) is 42.7 Å². The first-order valence-electron chi connectivity index (χ1n) is 8.44. The van der Waals surface area contributed by atoms with Gasteiger partial charge in [0.2, 0.25) is 5.91 Å². The molecule has 3 rings (SSSR count). The molecule has 25 heavy (non-hydrogen) atoms. The van der Waals surface area contributed by atoms with E-state index in [1.807, 2.05) is 35.4 Å². The Morgan fingerprint density at radius 1 is 1.20 bits per heavy atom. The van der Waals surface area contributed by atoms with Gasteiger partial charge in [-0.1, -0.05) is 18.6 Å². The fourth-order valence-corrected chi connectivity index (χ4v) is 3.10. The number of nitrogens with one attached hydrogen (secondary N) is 1. The summed E-state index contributed by atoms with van der Waals surface area (Å²) in [6.07, 6.45) is 6.25. The van der Waals surface area contributed by atoms with Gasteiger partial charge in [-0.25, -0.2) is 5.48 Å². The number of amides is 2. The Morgan fingerprint density at radius 3 is 2.84 bits per heavy atom. The summed E-state index contributed by atoms with van der Waals surface area (Å²) in [5, 5.41) is 8.45. The molecule has 0 radical (unpaired) electrons. The monoisotopic (exact) mass is 339 g/mol. The molecule has 2 heterocycles. The largest absolute Gasteiger partial charge is 0.334 e. The van der Waals surface area contributed by atoms with E-state index in [0.717, 1.165) is 35.1 Å². The summed E-state index contributed by atoms with van der Waals surface area (Å²) < 4.78 is 0. The van der Waals surface area contributed by atoms with Crippen molar-refractivity contribution in [2.75, 3.05) is 6.54 Å². The van der Waals surface area contributed by atoms with Crippen LogP contribution >= 0.6 is 0 Å². The smallest absolute Gasteiger partial charge is 0.254 e. The minimum atomic E-state index is -0.368. The lowest BCUT2D eigenvalue weighted by atomic mass is 10.0. The number of hydrogen-bond donors (Lipinski definition) is 2. The van der Waals surface area contributed by atoms with Crippen LogP contribution in [-0.2, 0) is 11.3 Å². The molecule has 0 saturated heterocycles. The van der Waals surface area contributed by atoms with Crippen molar-refractivity contribution in [2.24, 2.45) is 0 Å². The number of fused-ring (bicyclic) bond motifs is 1. The van der Waals surface area contributed by atoms with Crippen molar-refractivity contribution >= 4 is 11.8 Å². The first-order valence-corrected chi connectivity index (χ1v) is 8.44. The Labute approximate surface area is 146 Å². The first kappa shape index (κ1) is 17.1. The summed E-state index contributed by atoms with van der Waals surface area (Å²) in [6, 6.07) is 9.83. The van der Waals surface area contributed by atoms with Gasteiger partial charge >= 0.3 is 0 Å². The highest BCUT2D eigenvalue weighted by molar-refractivity contribution is 5.99. The zero-order valence-corrected chi connectivity index (χ0v) is 13.9. The SMILES string of the molecule is O=C(CCCCCN1Cc2cc(-c3cccnc3)ccc2C1=O)NO. The molecule has 2 amide bonds. The topological polar surface area (TPSA) is 82.5 Å². The van der Waals surface area contributed by atoms with E-state index in [9.17, 15) is 9.59 Å². The van der Waals surface area contributed by atoms with Crippen LogP contribution in [0.25, 0.3) is 11.1 Å². The molecule has 0 unspecified atom stereocenters. The van der Waals surface area contributed by atoms with Crippen LogP contribution in [0.2, 0.25) is 0 Å². The number of hydroxylamine groups is 1. The molecule has 1 aliphatic rings. The minimum absolute atomic E-state index is 0.0702. The molecule has 6 heteroatoms. The highest BCUT2D eigenvalue weighted by atomic mass is 16.5. The summed E-state index contributed by atoms with van der Waals surface area (Å²) in [5.74, 6) is -0.298. The van der Waals surface area contributed by atoms with E-state index < -0.39 is 0 Å². The van der Waals surface area contributed by atoms with Crippen molar-refractivity contribution in [1.82, 2.24) is 15.4 Å². The molecule has 0 spiro atoms. The maximum absolute atomic E-state index is 12.5. The van der Waals surface area contributed by atoms with Crippen molar-refractivity contribution in [3.05, 3.63) is 53.9 Å². The van der Waals surface area contributed by atoms with E-state index >= 15 is 0 Å². The highest BCUT2D eigenvalue weighted by Gasteiger charge is 2.26. The normalized spacial score (nSPS) is 13.0. The van der Waals surface area contributed by atoms with E-state index in [0.29, 0.717) is 25.9 Å². The van der Waals surface area contributed by atoms with Crippen LogP contribution in [-0.4, -0.2) is 33.5 Å². The third-order valence-corrected chi connectivity index (χ3v) is 4.44. The third-order valence-electron chi connectivity index (χ3n) is 4.44. The molecule has 1 aliphatic heterocycles. The second-order valence-electron chi connectivity index (χ2n) is 6.19. The van der Waals surface area contributed by atoms with Gasteiger partial charge in [0.1, 0.15) is 0 Å². The molecule has 1 aromatic carbocycles. The average molecular weight is 339 g/mol. The van der Waals surface area contributed by atoms with Gasteiger partial charge in [-0.3, -0.25) is 19.8 Å². The summed E-state index contributed by atoms with van der Waals surface area (Å²) in [4.78, 5) is 29.4. The molecule has 6 nitrogen and oxygen atoms in total. The van der Waals surface area contributed by atoms with Gasteiger partial charge < -0.3 is 4.90 Å². The molecular weight excluding hydrogens is 318 g/mol. The zero-order valence-electron chi connectivity index (χ0n) is 13.9. The van der Waals surface area contributed by atoms with Crippen molar-refractivity contribution in [3.63, 3.8) is 0 Å². The fraction of sp³-hybridized carbons (Fsp3) is 0.316. The number of unbranched alkanes of at least 4 members (excludes halogenated alkanes) is 2. The van der Waals surface area contributed by atoms with E-state index in [-0.39, 0.29) is 11.8 Å². The number of carbonyl (C=O) groups excluding carboxylic acids is 2. The number of pyridine rings is 1. The Morgan fingerprint density at radius 2 is 2.08 bits per heavy atom. The molecule has 0 fully saturated rings. The van der Waals surface area contributed by atoms with Gasteiger partial charge in [-0.2, -0.15) is 0 Å². The highest BCUT2D eigenvalue weighted by Crippen LogP contribution is 2.28. The molecule has 1 aromatic heterocycles. The van der Waals surface area contributed by atoms with Crippen LogP contribution in [0.1, 0.15) is 41.6 Å². The first-order chi connectivity index (χ1) is 12.2. The van der Waals surface area contributed by atoms with E-state index in [1.165, 1.54) is 0 Å². The van der Waals surface area contributed by atoms with Crippen LogP contribution in [0.4, 0.5) is 0 Å². The summed E-state index contributed by atoms with van der Waals surface area (Å²) in [5.41, 5.74) is 5.55. The van der Waals surface area contributed by atoms with E-state index in [4.69, 9.17) is 5.21 Å². The lowest BCUT2D eigenvalue weighted by Gasteiger charge is -2.15. The molecule has 0 atom stereocenters. The Kier molecular flexibility index (Phi) is 5.40. The predicted molar refractivity (Wildman–Crippen MR) is 92.8 cm³/mol. The predicted octanol–water partition coefficient (Wildman–Crippen LogP) is 2.77. The van der Waals surface area contributed by atoms with Crippen LogP contribution in [0.3, 0.4) is 0 Å². The summed E-state index contributed by atoms with van der Waals surface area (Å²) >= 11 is 0. The van der Waals surface area contributed by atoms with Gasteiger partial charge in [0, 0.05) is 37.5 Å². The number of nitrogens with zero attached hydrogens (tertiary/aromatic N) is 2. The van der Waals surface area contributed by atoms with Crippen molar-refractivity contribution in [1.29, 1.82) is 0 Å². The van der Waals surface area contributed by atoms with Crippen LogP contribution in [0, 0.1) is 0 Å². The maximum atomic E-state index is 12.5. The molecular formula is C19H21N3O3. The summed E-state index contributed by atoms with van der Waals surface area (Å²) in [7, 11) is 0. The lowest BCUT2D eigenvalue weighted by Crippen LogP contribution is -2.25. The zero-order chi connectivity index (χ0) is 17.6. The third kappa shape index (κ3) is 4.03. The molecule has 0 bridgehead atoms. The fourth-order valence-electron chi connectivity index (χ4n) is 3.10. The lowest BCUT2D eigenvalue weighted by molar-refractivity contribution is -0.129. The minimum Gasteiger partial charge on any atom is -0.334 e. The van der Waals surface area contributed by atoms with Crippen molar-refractivity contribution in [2.45, 2.75) is 32.2 Å². The van der Waals surface area contributed by atoms with E-state index in [2.05, 4.69) is 11.1 Å². The van der Waals surface area contributed by atoms with Crippen LogP contribution < -0.4 is 5.48 Å². The molecule has 0 saturated carbocycles. The van der Waals surface area contributed by atoms with Crippen molar-refractivity contribution in [3.8, 4) is 11.1 Å². The summed E-state index contributed by atoms with van der Waals surface area (Å²) in [6.45, 7) is 1.30. The van der Waals surface area contributed by atoms with Crippen LogP contribution in [0.5, 0.6) is 0 Å². The number of benzene rings is 1.